The van der Waals surface area contributed by atoms with Gasteiger partial charge in [0.15, 0.2) is 0 Å². The molecule has 0 radical (unpaired) electrons. The first-order valence-corrected chi connectivity index (χ1v) is 7.15. The number of thiophene rings is 1. The Morgan fingerprint density at radius 2 is 2.16 bits per heavy atom. The van der Waals surface area contributed by atoms with Gasteiger partial charge < -0.3 is 15.7 Å². The van der Waals surface area contributed by atoms with Crippen LogP contribution in [0.4, 0.5) is 0 Å². The molecule has 106 valence electrons. The lowest BCUT2D eigenvalue weighted by molar-refractivity contribution is -0.121. The smallest absolute Gasteiger partial charge is 0.346 e. The van der Waals surface area contributed by atoms with E-state index in [1.54, 1.807) is 11.4 Å². The van der Waals surface area contributed by atoms with Crippen molar-refractivity contribution < 1.29 is 14.7 Å². The summed E-state index contributed by atoms with van der Waals surface area (Å²) in [7, 11) is 0. The molecule has 6 heteroatoms. The second-order valence-corrected chi connectivity index (χ2v) is 5.62. The molecule has 0 saturated heterocycles. The maximum atomic E-state index is 11.4. The minimum atomic E-state index is -0.901. The van der Waals surface area contributed by atoms with Crippen LogP contribution < -0.4 is 10.6 Å². The molecule has 1 heterocycles. The van der Waals surface area contributed by atoms with E-state index in [2.05, 4.69) is 10.6 Å². The van der Waals surface area contributed by atoms with Crippen LogP contribution in [0.25, 0.3) is 0 Å². The van der Waals surface area contributed by atoms with Gasteiger partial charge >= 0.3 is 5.97 Å². The van der Waals surface area contributed by atoms with Crippen molar-refractivity contribution in [3.8, 4) is 0 Å². The van der Waals surface area contributed by atoms with Crippen LogP contribution in [0.15, 0.2) is 11.4 Å². The van der Waals surface area contributed by atoms with E-state index in [1.165, 1.54) is 11.3 Å². The maximum absolute atomic E-state index is 11.4. The Kier molecular flexibility index (Phi) is 6.52. The van der Waals surface area contributed by atoms with Gasteiger partial charge in [-0.25, -0.2) is 4.79 Å². The summed E-state index contributed by atoms with van der Waals surface area (Å²) in [5.74, 6) is -0.438. The first-order valence-electron chi connectivity index (χ1n) is 6.27. The molecule has 1 amide bonds. The lowest BCUT2D eigenvalue weighted by Crippen LogP contribution is -2.30. The first-order chi connectivity index (χ1) is 9.00. The number of carboxylic acid groups (broad SMARTS) is 1. The number of carboxylic acids is 1. The van der Waals surface area contributed by atoms with Gasteiger partial charge in [0.2, 0.25) is 5.91 Å². The molecule has 5 nitrogen and oxygen atoms in total. The van der Waals surface area contributed by atoms with Gasteiger partial charge in [-0.15, -0.1) is 11.3 Å². The number of hydrogen-bond acceptors (Lipinski definition) is 4. The topological polar surface area (TPSA) is 78.4 Å². The zero-order valence-electron chi connectivity index (χ0n) is 11.2. The van der Waals surface area contributed by atoms with Gasteiger partial charge in [-0.1, -0.05) is 13.8 Å². The van der Waals surface area contributed by atoms with Gasteiger partial charge in [0, 0.05) is 26.1 Å². The summed E-state index contributed by atoms with van der Waals surface area (Å²) in [5, 5.41) is 16.6. The van der Waals surface area contributed by atoms with Crippen LogP contribution >= 0.6 is 11.3 Å². The third-order valence-electron chi connectivity index (χ3n) is 2.49. The molecule has 0 unspecified atom stereocenters. The molecule has 0 aliphatic heterocycles. The lowest BCUT2D eigenvalue weighted by atomic mass is 10.2. The fourth-order valence-electron chi connectivity index (χ4n) is 1.49. The van der Waals surface area contributed by atoms with E-state index in [-0.39, 0.29) is 5.91 Å². The molecule has 19 heavy (non-hydrogen) atoms. The van der Waals surface area contributed by atoms with Gasteiger partial charge in [0.25, 0.3) is 0 Å². The predicted molar refractivity (Wildman–Crippen MR) is 75.4 cm³/mol. The highest BCUT2D eigenvalue weighted by Crippen LogP contribution is 2.16. The van der Waals surface area contributed by atoms with Crippen molar-refractivity contribution in [2.24, 2.45) is 5.92 Å². The Bertz CT molecular complexity index is 429. The highest BCUT2D eigenvalue weighted by Gasteiger charge is 2.10. The molecule has 0 aromatic carbocycles. The number of hydrogen-bond donors (Lipinski definition) is 3. The quantitative estimate of drug-likeness (QED) is 0.635. The lowest BCUT2D eigenvalue weighted by Gasteiger charge is -2.08. The summed E-state index contributed by atoms with van der Waals surface area (Å²) < 4.78 is 0. The molecule has 0 aliphatic rings. The molecule has 0 fully saturated rings. The highest BCUT2D eigenvalue weighted by molar-refractivity contribution is 7.12. The fourth-order valence-corrected chi connectivity index (χ4v) is 2.25. The molecule has 0 bridgehead atoms. The molecule has 1 aromatic rings. The summed E-state index contributed by atoms with van der Waals surface area (Å²) in [6.45, 7) is 5.79. The molecule has 0 spiro atoms. The zero-order valence-corrected chi connectivity index (χ0v) is 12.0. The third kappa shape index (κ3) is 5.85. The SMILES string of the molecule is CC(C)CNC(=O)CCNCc1ccsc1C(=O)O. The normalized spacial score (nSPS) is 10.7. The molecule has 1 aromatic heterocycles. The Labute approximate surface area is 117 Å². The van der Waals surface area contributed by atoms with Crippen LogP contribution in [0.3, 0.4) is 0 Å². The van der Waals surface area contributed by atoms with Crippen molar-refractivity contribution in [1.29, 1.82) is 0 Å². The second kappa shape index (κ2) is 7.91. The minimum absolute atomic E-state index is 0.0185. The maximum Gasteiger partial charge on any atom is 0.346 e. The van der Waals surface area contributed by atoms with E-state index >= 15 is 0 Å². The Hall–Kier alpha value is -1.40. The van der Waals surface area contributed by atoms with Crippen LogP contribution in [0.1, 0.15) is 35.5 Å². The predicted octanol–water partition coefficient (Wildman–Crippen LogP) is 1.70. The molecule has 1 rings (SSSR count). The highest BCUT2D eigenvalue weighted by atomic mass is 32.1. The molecular formula is C13H20N2O3S. The monoisotopic (exact) mass is 284 g/mol. The molecule has 0 atom stereocenters. The van der Waals surface area contributed by atoms with Crippen molar-refractivity contribution in [3.63, 3.8) is 0 Å². The summed E-state index contributed by atoms with van der Waals surface area (Å²) >= 11 is 1.21. The fraction of sp³-hybridized carbons (Fsp3) is 0.538. The van der Waals surface area contributed by atoms with Crippen LogP contribution in [0.2, 0.25) is 0 Å². The largest absolute Gasteiger partial charge is 0.477 e. The molecule has 0 aliphatic carbocycles. The average Bonchev–Trinajstić information content (AvgIpc) is 2.80. The van der Waals surface area contributed by atoms with Gasteiger partial charge in [0.1, 0.15) is 4.88 Å². The Morgan fingerprint density at radius 1 is 1.42 bits per heavy atom. The second-order valence-electron chi connectivity index (χ2n) is 4.70. The number of nitrogens with one attached hydrogen (secondary N) is 2. The van der Waals surface area contributed by atoms with Crippen LogP contribution in [-0.4, -0.2) is 30.1 Å². The number of carbonyl (C=O) groups is 2. The van der Waals surface area contributed by atoms with Gasteiger partial charge in [-0.2, -0.15) is 0 Å². The van der Waals surface area contributed by atoms with Gasteiger partial charge in [-0.3, -0.25) is 4.79 Å². The average molecular weight is 284 g/mol. The number of aromatic carboxylic acids is 1. The Morgan fingerprint density at radius 3 is 2.79 bits per heavy atom. The van der Waals surface area contributed by atoms with E-state index in [0.717, 1.165) is 5.56 Å². The van der Waals surface area contributed by atoms with Crippen molar-refractivity contribution in [2.75, 3.05) is 13.1 Å². The van der Waals surface area contributed by atoms with E-state index in [1.807, 2.05) is 13.8 Å². The van der Waals surface area contributed by atoms with Crippen LogP contribution in [-0.2, 0) is 11.3 Å². The van der Waals surface area contributed by atoms with Crippen molar-refractivity contribution in [3.05, 3.63) is 21.9 Å². The van der Waals surface area contributed by atoms with Crippen molar-refractivity contribution in [1.82, 2.24) is 10.6 Å². The van der Waals surface area contributed by atoms with E-state index in [9.17, 15) is 9.59 Å². The minimum Gasteiger partial charge on any atom is -0.477 e. The molecule has 0 saturated carbocycles. The summed E-state index contributed by atoms with van der Waals surface area (Å²) in [6, 6.07) is 1.79. The van der Waals surface area contributed by atoms with Crippen LogP contribution in [0.5, 0.6) is 0 Å². The number of rotatable bonds is 8. The van der Waals surface area contributed by atoms with Crippen molar-refractivity contribution >= 4 is 23.2 Å². The standard InChI is InChI=1S/C13H20N2O3S/c1-9(2)7-15-11(16)3-5-14-8-10-4-6-19-12(10)13(17)18/h4,6,9,14H,3,5,7-8H2,1-2H3,(H,15,16)(H,17,18). The summed E-state index contributed by atoms with van der Waals surface area (Å²) in [5.41, 5.74) is 0.764. The van der Waals surface area contributed by atoms with E-state index in [0.29, 0.717) is 36.9 Å². The molecular weight excluding hydrogens is 264 g/mol. The van der Waals surface area contributed by atoms with E-state index < -0.39 is 5.97 Å². The number of amides is 1. The number of carbonyl (C=O) groups excluding carboxylic acids is 1. The summed E-state index contributed by atoms with van der Waals surface area (Å²) in [4.78, 5) is 22.7. The van der Waals surface area contributed by atoms with Gasteiger partial charge in [0.05, 0.1) is 0 Å². The Balaban J connectivity index is 2.22. The van der Waals surface area contributed by atoms with Crippen molar-refractivity contribution in [2.45, 2.75) is 26.8 Å². The van der Waals surface area contributed by atoms with Crippen LogP contribution in [0, 0.1) is 5.92 Å². The third-order valence-corrected chi connectivity index (χ3v) is 3.44. The van der Waals surface area contributed by atoms with Gasteiger partial charge in [-0.05, 0) is 22.9 Å². The molecule has 3 N–H and O–H groups in total. The van der Waals surface area contributed by atoms with E-state index in [4.69, 9.17) is 5.11 Å². The first kappa shape index (κ1) is 15.7. The summed E-state index contributed by atoms with van der Waals surface area (Å²) in [6.07, 6.45) is 0.402. The zero-order chi connectivity index (χ0) is 14.3.